The van der Waals surface area contributed by atoms with E-state index in [2.05, 4.69) is 0 Å². The van der Waals surface area contributed by atoms with Crippen molar-refractivity contribution in [2.45, 2.75) is 12.7 Å². The molecule has 3 heteroatoms. The highest BCUT2D eigenvalue weighted by atomic mass is 16.7. The molecule has 0 bridgehead atoms. The van der Waals surface area contributed by atoms with Crippen molar-refractivity contribution in [2.24, 2.45) is 0 Å². The quantitative estimate of drug-likeness (QED) is 0.679. The van der Waals surface area contributed by atoms with Crippen molar-refractivity contribution < 1.29 is 14.6 Å². The van der Waals surface area contributed by atoms with Gasteiger partial charge in [0, 0.05) is 17.2 Å². The molecule has 14 heavy (non-hydrogen) atoms. The van der Waals surface area contributed by atoms with Gasteiger partial charge in [-0.05, 0) is 6.92 Å². The van der Waals surface area contributed by atoms with Crippen molar-refractivity contribution in [1.29, 1.82) is 0 Å². The van der Waals surface area contributed by atoms with E-state index in [0.717, 1.165) is 0 Å². The number of hydrogen-bond acceptors (Lipinski definition) is 3. The standard InChI is InChI=1S/C11H10O3/c1-8-7-11(13,14-10(8)12)9-5-3-2-4-6-9/h2-7,13H,1H3. The average molecular weight is 190 g/mol. The van der Waals surface area contributed by atoms with Crippen molar-refractivity contribution in [1.82, 2.24) is 0 Å². The minimum Gasteiger partial charge on any atom is -0.421 e. The molecule has 1 aliphatic rings. The molecule has 1 aliphatic heterocycles. The number of aliphatic hydroxyl groups is 1. The van der Waals surface area contributed by atoms with Gasteiger partial charge in [-0.2, -0.15) is 0 Å². The first kappa shape index (κ1) is 8.97. The third-order valence-electron chi connectivity index (χ3n) is 2.17. The maximum atomic E-state index is 11.1. The predicted octanol–water partition coefficient (Wildman–Crippen LogP) is 1.33. The molecule has 0 amide bonds. The van der Waals surface area contributed by atoms with Crippen molar-refractivity contribution in [3.63, 3.8) is 0 Å². The highest BCUT2D eigenvalue weighted by molar-refractivity contribution is 5.90. The largest absolute Gasteiger partial charge is 0.421 e. The van der Waals surface area contributed by atoms with E-state index < -0.39 is 11.8 Å². The molecule has 0 radical (unpaired) electrons. The van der Waals surface area contributed by atoms with Gasteiger partial charge in [-0.15, -0.1) is 0 Å². The van der Waals surface area contributed by atoms with Crippen LogP contribution in [0.25, 0.3) is 0 Å². The van der Waals surface area contributed by atoms with Crippen LogP contribution < -0.4 is 0 Å². The SMILES string of the molecule is CC1=CC(O)(c2ccccc2)OC1=O. The zero-order valence-electron chi connectivity index (χ0n) is 7.73. The first-order chi connectivity index (χ1) is 6.62. The number of benzene rings is 1. The number of ether oxygens (including phenoxy) is 1. The van der Waals surface area contributed by atoms with Gasteiger partial charge in [0.2, 0.25) is 0 Å². The second-order valence-electron chi connectivity index (χ2n) is 3.28. The summed E-state index contributed by atoms with van der Waals surface area (Å²) in [6, 6.07) is 8.82. The molecule has 2 rings (SSSR count). The third-order valence-corrected chi connectivity index (χ3v) is 2.17. The van der Waals surface area contributed by atoms with Crippen LogP contribution in [0.4, 0.5) is 0 Å². The van der Waals surface area contributed by atoms with E-state index in [0.29, 0.717) is 11.1 Å². The number of carbonyl (C=O) groups is 1. The van der Waals surface area contributed by atoms with E-state index in [4.69, 9.17) is 4.74 Å². The maximum absolute atomic E-state index is 11.1. The normalized spacial score (nSPS) is 25.9. The maximum Gasteiger partial charge on any atom is 0.336 e. The lowest BCUT2D eigenvalue weighted by molar-refractivity contribution is -0.182. The molecule has 0 saturated heterocycles. The van der Waals surface area contributed by atoms with Crippen LogP contribution in [0, 0.1) is 0 Å². The summed E-state index contributed by atoms with van der Waals surface area (Å²) in [6.07, 6.45) is 1.42. The van der Waals surface area contributed by atoms with Gasteiger partial charge in [0.25, 0.3) is 5.79 Å². The number of hydrogen-bond donors (Lipinski definition) is 1. The topological polar surface area (TPSA) is 46.5 Å². The van der Waals surface area contributed by atoms with Crippen molar-refractivity contribution in [2.75, 3.05) is 0 Å². The first-order valence-corrected chi connectivity index (χ1v) is 4.32. The molecule has 1 heterocycles. The summed E-state index contributed by atoms with van der Waals surface area (Å²) in [5.74, 6) is -2.06. The van der Waals surface area contributed by atoms with E-state index in [-0.39, 0.29) is 0 Å². The van der Waals surface area contributed by atoms with E-state index in [1.54, 1.807) is 31.2 Å². The van der Waals surface area contributed by atoms with E-state index >= 15 is 0 Å². The van der Waals surface area contributed by atoms with Gasteiger partial charge in [-0.25, -0.2) is 4.79 Å². The Labute approximate surface area is 81.6 Å². The van der Waals surface area contributed by atoms with E-state index in [9.17, 15) is 9.90 Å². The summed E-state index contributed by atoms with van der Waals surface area (Å²) in [5.41, 5.74) is 0.988. The van der Waals surface area contributed by atoms with Gasteiger partial charge >= 0.3 is 5.97 Å². The Balaban J connectivity index is 2.41. The van der Waals surface area contributed by atoms with Crippen LogP contribution in [0.3, 0.4) is 0 Å². The summed E-state index contributed by atoms with van der Waals surface area (Å²) in [4.78, 5) is 11.1. The molecule has 3 nitrogen and oxygen atoms in total. The minimum absolute atomic E-state index is 0.427. The Kier molecular flexibility index (Phi) is 1.89. The molecule has 1 aromatic carbocycles. The lowest BCUT2D eigenvalue weighted by atomic mass is 10.1. The molecule has 1 aromatic rings. The Hall–Kier alpha value is -1.61. The van der Waals surface area contributed by atoms with Crippen molar-refractivity contribution in [3.8, 4) is 0 Å². The molecule has 72 valence electrons. The summed E-state index contributed by atoms with van der Waals surface area (Å²) < 4.78 is 4.87. The molecule has 0 aliphatic carbocycles. The van der Waals surface area contributed by atoms with Crippen LogP contribution in [-0.4, -0.2) is 11.1 Å². The summed E-state index contributed by atoms with van der Waals surface area (Å²) >= 11 is 0. The zero-order valence-corrected chi connectivity index (χ0v) is 7.73. The fourth-order valence-corrected chi connectivity index (χ4v) is 1.42. The van der Waals surface area contributed by atoms with E-state index in [1.165, 1.54) is 6.08 Å². The number of carbonyl (C=O) groups excluding carboxylic acids is 1. The van der Waals surface area contributed by atoms with Crippen LogP contribution in [0.15, 0.2) is 42.0 Å². The van der Waals surface area contributed by atoms with Crippen molar-refractivity contribution in [3.05, 3.63) is 47.5 Å². The lowest BCUT2D eigenvalue weighted by Crippen LogP contribution is -2.24. The van der Waals surface area contributed by atoms with E-state index in [1.807, 2.05) is 6.07 Å². The van der Waals surface area contributed by atoms with Crippen LogP contribution in [0.1, 0.15) is 12.5 Å². The highest BCUT2D eigenvalue weighted by Crippen LogP contribution is 2.31. The zero-order chi connectivity index (χ0) is 10.2. The van der Waals surface area contributed by atoms with Crippen LogP contribution in [0.2, 0.25) is 0 Å². The molecule has 0 saturated carbocycles. The predicted molar refractivity (Wildman–Crippen MR) is 50.2 cm³/mol. The molecular formula is C11H10O3. The van der Waals surface area contributed by atoms with Gasteiger partial charge in [-0.3, -0.25) is 0 Å². The van der Waals surface area contributed by atoms with Gasteiger partial charge < -0.3 is 9.84 Å². The molecule has 0 fully saturated rings. The molecule has 1 N–H and O–H groups in total. The fraction of sp³-hybridized carbons (Fsp3) is 0.182. The molecule has 0 aromatic heterocycles. The van der Waals surface area contributed by atoms with Crippen LogP contribution in [-0.2, 0) is 15.3 Å². The monoisotopic (exact) mass is 190 g/mol. The molecule has 0 spiro atoms. The highest BCUT2D eigenvalue weighted by Gasteiger charge is 2.37. The second kappa shape index (κ2) is 2.96. The summed E-state index contributed by atoms with van der Waals surface area (Å²) in [5, 5.41) is 9.98. The van der Waals surface area contributed by atoms with Crippen molar-refractivity contribution >= 4 is 5.97 Å². The second-order valence-corrected chi connectivity index (χ2v) is 3.28. The smallest absolute Gasteiger partial charge is 0.336 e. The third kappa shape index (κ3) is 1.32. The minimum atomic E-state index is -1.58. The average Bonchev–Trinajstić information content (AvgIpc) is 2.44. The summed E-state index contributed by atoms with van der Waals surface area (Å²) in [6.45, 7) is 1.61. The van der Waals surface area contributed by atoms with Gasteiger partial charge in [0.15, 0.2) is 0 Å². The molecular weight excluding hydrogens is 180 g/mol. The molecule has 1 unspecified atom stereocenters. The van der Waals surface area contributed by atoms with Gasteiger partial charge in [0.1, 0.15) is 0 Å². The number of esters is 1. The Morgan fingerprint density at radius 1 is 1.29 bits per heavy atom. The Bertz CT molecular complexity index is 394. The summed E-state index contributed by atoms with van der Waals surface area (Å²) in [7, 11) is 0. The molecule has 1 atom stereocenters. The fourth-order valence-electron chi connectivity index (χ4n) is 1.42. The Morgan fingerprint density at radius 2 is 1.93 bits per heavy atom. The van der Waals surface area contributed by atoms with Gasteiger partial charge in [-0.1, -0.05) is 30.3 Å². The first-order valence-electron chi connectivity index (χ1n) is 4.32. The number of rotatable bonds is 1. The number of cyclic esters (lactones) is 1. The van der Waals surface area contributed by atoms with Crippen LogP contribution >= 0.6 is 0 Å². The van der Waals surface area contributed by atoms with Crippen LogP contribution in [0.5, 0.6) is 0 Å². The lowest BCUT2D eigenvalue weighted by Gasteiger charge is -2.19. The Morgan fingerprint density at radius 3 is 2.43 bits per heavy atom. The van der Waals surface area contributed by atoms with Gasteiger partial charge in [0.05, 0.1) is 0 Å².